The fourth-order valence-electron chi connectivity index (χ4n) is 10.8. The number of hydrogen-bond acceptors (Lipinski definition) is 1. The van der Waals surface area contributed by atoms with E-state index in [-0.39, 0.29) is 0 Å². The van der Waals surface area contributed by atoms with Crippen molar-refractivity contribution in [2.45, 2.75) is 5.41 Å². The molecule has 0 saturated heterocycles. The first-order chi connectivity index (χ1) is 30.2. The van der Waals surface area contributed by atoms with Gasteiger partial charge in [0.2, 0.25) is 0 Å². The summed E-state index contributed by atoms with van der Waals surface area (Å²) in [6, 6.07) is 82.8. The predicted octanol–water partition coefficient (Wildman–Crippen LogP) is 15.6. The van der Waals surface area contributed by atoms with Crippen molar-refractivity contribution in [2.75, 3.05) is 0 Å². The number of pyridine rings is 1. The van der Waals surface area contributed by atoms with Crippen LogP contribution >= 0.6 is 0 Å². The topological polar surface area (TPSA) is 12.9 Å². The number of fused-ring (bicyclic) bond motifs is 16. The molecule has 2 aliphatic carbocycles. The highest BCUT2D eigenvalue weighted by Crippen LogP contribution is 2.65. The summed E-state index contributed by atoms with van der Waals surface area (Å²) in [5.41, 5.74) is 18.9. The maximum absolute atomic E-state index is 5.50. The summed E-state index contributed by atoms with van der Waals surface area (Å²) in [5, 5.41) is 7.64. The molecule has 0 bridgehead atoms. The van der Waals surface area contributed by atoms with Gasteiger partial charge in [0.25, 0.3) is 0 Å². The normalized spacial score (nSPS) is 14.6. The highest BCUT2D eigenvalue weighted by atomic mass is 14.7. The third-order valence-corrected chi connectivity index (χ3v) is 13.4. The van der Waals surface area contributed by atoms with Crippen molar-refractivity contribution in [3.05, 3.63) is 247 Å². The Balaban J connectivity index is 1.06. The summed E-state index contributed by atoms with van der Waals surface area (Å²) in [6.07, 6.45) is 0. The van der Waals surface area contributed by atoms with Gasteiger partial charge in [0, 0.05) is 11.1 Å². The molecule has 1 aromatic heterocycles. The molecule has 1 unspecified atom stereocenters. The Kier molecular flexibility index (Phi) is 7.29. The molecular weight excluding hydrogens is 735 g/mol. The molecule has 0 amide bonds. The Bertz CT molecular complexity index is 3600. The monoisotopic (exact) mass is 771 g/mol. The lowest BCUT2D eigenvalue weighted by atomic mass is 9.69. The molecule has 1 spiro atoms. The minimum absolute atomic E-state index is 0.483. The van der Waals surface area contributed by atoms with Crippen LogP contribution in [0.15, 0.2) is 224 Å². The van der Waals surface area contributed by atoms with Crippen molar-refractivity contribution in [1.82, 2.24) is 4.98 Å². The smallest absolute Gasteiger partial charge is 0.0731 e. The standard InChI is InChI=1S/C60H37N/c1-2-15-38(16-3-1)41-19-14-20-42(33-41)45-36-56(43-30-29-39-17-4-5-18-40(39)34-43)61-57(37-45)44-31-32-55-52(35-44)48-23-10-12-27-53(48)60(55)54-28-13-11-26-51(54)58-49-24-8-6-21-46(49)47-22-7-9-25-50(47)59(58)60/h1-37H. The van der Waals surface area contributed by atoms with Gasteiger partial charge in [0.15, 0.2) is 0 Å². The van der Waals surface area contributed by atoms with Crippen molar-refractivity contribution in [3.8, 4) is 67.0 Å². The van der Waals surface area contributed by atoms with Crippen LogP contribution in [-0.4, -0.2) is 4.98 Å². The van der Waals surface area contributed by atoms with Gasteiger partial charge < -0.3 is 0 Å². The summed E-state index contributed by atoms with van der Waals surface area (Å²) in [5.74, 6) is 0. The molecule has 13 rings (SSSR count). The second-order valence-corrected chi connectivity index (χ2v) is 16.6. The van der Waals surface area contributed by atoms with Crippen molar-refractivity contribution in [1.29, 1.82) is 0 Å². The first-order valence-electron chi connectivity index (χ1n) is 21.2. The summed E-state index contributed by atoms with van der Waals surface area (Å²) in [6.45, 7) is 0. The van der Waals surface area contributed by atoms with Crippen molar-refractivity contribution in [2.24, 2.45) is 0 Å². The molecule has 2 aliphatic rings. The van der Waals surface area contributed by atoms with E-state index in [9.17, 15) is 0 Å². The van der Waals surface area contributed by atoms with Gasteiger partial charge in [0.1, 0.15) is 0 Å². The predicted molar refractivity (Wildman–Crippen MR) is 255 cm³/mol. The van der Waals surface area contributed by atoms with E-state index < -0.39 is 5.41 Å². The van der Waals surface area contributed by atoms with Gasteiger partial charge >= 0.3 is 0 Å². The third-order valence-electron chi connectivity index (χ3n) is 13.4. The molecule has 1 heteroatoms. The lowest BCUT2D eigenvalue weighted by molar-refractivity contribution is 0.802. The van der Waals surface area contributed by atoms with Gasteiger partial charge in [-0.3, -0.25) is 0 Å². The Hall–Kier alpha value is -7.87. The first-order valence-corrected chi connectivity index (χ1v) is 21.2. The van der Waals surface area contributed by atoms with E-state index in [4.69, 9.17) is 4.98 Å². The number of hydrogen-bond donors (Lipinski definition) is 0. The second-order valence-electron chi connectivity index (χ2n) is 16.6. The molecule has 1 atom stereocenters. The van der Waals surface area contributed by atoms with E-state index >= 15 is 0 Å². The van der Waals surface area contributed by atoms with E-state index in [1.165, 1.54) is 88.0 Å². The van der Waals surface area contributed by atoms with Gasteiger partial charge in [0.05, 0.1) is 16.8 Å². The van der Waals surface area contributed by atoms with Gasteiger partial charge in [-0.2, -0.15) is 0 Å². The number of benzene rings is 10. The fourth-order valence-corrected chi connectivity index (χ4v) is 10.8. The SMILES string of the molecule is c1ccc(-c2cccc(-c3cc(-c4ccc5c(c4)-c4ccccc4C54c5ccccc5-c5c4c4ccccc4c4ccccc54)nc(-c4ccc5ccccc5c4)c3)c2)cc1. The first kappa shape index (κ1) is 34.0. The van der Waals surface area contributed by atoms with Crippen LogP contribution < -0.4 is 0 Å². The second kappa shape index (κ2) is 13.1. The summed E-state index contributed by atoms with van der Waals surface area (Å²) >= 11 is 0. The molecule has 0 aliphatic heterocycles. The maximum Gasteiger partial charge on any atom is 0.0731 e. The minimum atomic E-state index is -0.483. The lowest BCUT2D eigenvalue weighted by Crippen LogP contribution is -2.26. The average molecular weight is 772 g/mol. The zero-order valence-corrected chi connectivity index (χ0v) is 33.3. The lowest BCUT2D eigenvalue weighted by Gasteiger charge is -2.31. The van der Waals surface area contributed by atoms with Crippen LogP contribution in [0, 0.1) is 0 Å². The Morgan fingerprint density at radius 3 is 1.61 bits per heavy atom. The maximum atomic E-state index is 5.50. The highest BCUT2D eigenvalue weighted by molar-refractivity contribution is 6.20. The van der Waals surface area contributed by atoms with Crippen molar-refractivity contribution >= 4 is 32.3 Å². The highest BCUT2D eigenvalue weighted by Gasteiger charge is 2.53. The van der Waals surface area contributed by atoms with Gasteiger partial charge in [-0.25, -0.2) is 4.98 Å². The van der Waals surface area contributed by atoms with Crippen LogP contribution in [-0.2, 0) is 5.41 Å². The minimum Gasteiger partial charge on any atom is -0.248 e. The summed E-state index contributed by atoms with van der Waals surface area (Å²) in [4.78, 5) is 5.50. The van der Waals surface area contributed by atoms with Gasteiger partial charge in [-0.05, 0) is 129 Å². The molecule has 1 nitrogen and oxygen atoms in total. The molecule has 0 saturated carbocycles. The summed E-state index contributed by atoms with van der Waals surface area (Å²) in [7, 11) is 0. The molecule has 61 heavy (non-hydrogen) atoms. The van der Waals surface area contributed by atoms with E-state index in [1.807, 2.05) is 0 Å². The van der Waals surface area contributed by atoms with Crippen molar-refractivity contribution < 1.29 is 0 Å². The quantitative estimate of drug-likeness (QED) is 0.162. The molecule has 0 radical (unpaired) electrons. The number of aromatic nitrogens is 1. The van der Waals surface area contributed by atoms with E-state index in [1.54, 1.807) is 0 Å². The van der Waals surface area contributed by atoms with Crippen LogP contribution in [0.4, 0.5) is 0 Å². The van der Waals surface area contributed by atoms with E-state index in [0.29, 0.717) is 0 Å². The molecule has 10 aromatic carbocycles. The number of nitrogens with zero attached hydrogens (tertiary/aromatic N) is 1. The van der Waals surface area contributed by atoms with E-state index in [2.05, 4.69) is 224 Å². The zero-order valence-electron chi connectivity index (χ0n) is 33.3. The Morgan fingerprint density at radius 2 is 0.820 bits per heavy atom. The van der Waals surface area contributed by atoms with E-state index in [0.717, 1.165) is 33.6 Å². The number of rotatable bonds is 4. The summed E-state index contributed by atoms with van der Waals surface area (Å²) < 4.78 is 0. The molecule has 1 heterocycles. The van der Waals surface area contributed by atoms with Gasteiger partial charge in [-0.15, -0.1) is 0 Å². The molecule has 0 N–H and O–H groups in total. The van der Waals surface area contributed by atoms with Crippen molar-refractivity contribution in [3.63, 3.8) is 0 Å². The zero-order chi connectivity index (χ0) is 40.1. The van der Waals surface area contributed by atoms with Crippen LogP contribution in [0.25, 0.3) is 99.3 Å². The van der Waals surface area contributed by atoms with Crippen LogP contribution in [0.3, 0.4) is 0 Å². The van der Waals surface area contributed by atoms with Crippen LogP contribution in [0.5, 0.6) is 0 Å². The third kappa shape index (κ3) is 4.92. The largest absolute Gasteiger partial charge is 0.248 e. The molecule has 11 aromatic rings. The Labute approximate surface area is 354 Å². The Morgan fingerprint density at radius 1 is 0.279 bits per heavy atom. The van der Waals surface area contributed by atoms with Crippen LogP contribution in [0.1, 0.15) is 22.3 Å². The average Bonchev–Trinajstić information content (AvgIpc) is 3.82. The van der Waals surface area contributed by atoms with Gasteiger partial charge in [-0.1, -0.05) is 194 Å². The van der Waals surface area contributed by atoms with Crippen LogP contribution in [0.2, 0.25) is 0 Å². The fraction of sp³-hybridized carbons (Fsp3) is 0.0167. The molecule has 282 valence electrons. The molecular formula is C60H37N. The molecule has 0 fully saturated rings.